The molecule has 29 heavy (non-hydrogen) atoms. The Kier molecular flexibility index (Phi) is 5.28. The molecule has 0 spiro atoms. The number of hydrogen-bond donors (Lipinski definition) is 2. The summed E-state index contributed by atoms with van der Waals surface area (Å²) in [6.45, 7) is 4.25. The number of rotatable bonds is 3. The molecule has 6 atom stereocenters. The van der Waals surface area contributed by atoms with E-state index in [4.69, 9.17) is 0 Å². The maximum absolute atomic E-state index is 13.6. The van der Waals surface area contributed by atoms with Crippen molar-refractivity contribution in [1.29, 1.82) is 0 Å². The van der Waals surface area contributed by atoms with Gasteiger partial charge in [-0.3, -0.25) is 0 Å². The molecule has 3 aromatic rings. The number of quaternary nitrogens is 1. The highest BCUT2D eigenvalue weighted by Gasteiger charge is 2.57. The fraction of sp³-hybridized carbons (Fsp3) is 0.308. The van der Waals surface area contributed by atoms with Crippen molar-refractivity contribution in [2.45, 2.75) is 31.5 Å². The monoisotopic (exact) mass is 390 g/mol. The van der Waals surface area contributed by atoms with Gasteiger partial charge in [0, 0.05) is 23.0 Å². The van der Waals surface area contributed by atoms with Crippen LogP contribution in [0.3, 0.4) is 0 Å². The molecule has 0 bridgehead atoms. The number of likely N-dealkylation sites (tertiary alicyclic amines) is 1. The highest BCUT2D eigenvalue weighted by atomic mass is 19.1. The minimum Gasteiger partial charge on any atom is -0.384 e. The molecule has 0 radical (unpaired) electrons. The summed E-state index contributed by atoms with van der Waals surface area (Å²) >= 11 is 0. The summed E-state index contributed by atoms with van der Waals surface area (Å²) in [5.74, 6) is -0.383. The summed E-state index contributed by atoms with van der Waals surface area (Å²) in [7, 11) is 2.23. The van der Waals surface area contributed by atoms with E-state index < -0.39 is 5.60 Å². The Labute approximate surface area is 172 Å². The molecule has 0 amide bonds. The van der Waals surface area contributed by atoms with Crippen LogP contribution in [0.1, 0.15) is 42.6 Å². The van der Waals surface area contributed by atoms with Crippen LogP contribution in [0.4, 0.5) is 4.39 Å². The van der Waals surface area contributed by atoms with E-state index in [9.17, 15) is 9.50 Å². The molecule has 1 aliphatic heterocycles. The predicted molar refractivity (Wildman–Crippen MR) is 114 cm³/mol. The summed E-state index contributed by atoms with van der Waals surface area (Å²) in [6, 6.07) is 27.5. The highest BCUT2D eigenvalue weighted by molar-refractivity contribution is 5.31. The van der Waals surface area contributed by atoms with Crippen molar-refractivity contribution < 1.29 is 14.4 Å². The number of nitrogens with one attached hydrogen (secondary N) is 1. The molecule has 0 aliphatic carbocycles. The lowest BCUT2D eigenvalue weighted by Gasteiger charge is -2.53. The Hall–Kier alpha value is -2.49. The molecule has 0 aromatic heterocycles. The normalized spacial score (nSPS) is 32.1. The first-order valence-corrected chi connectivity index (χ1v) is 10.4. The van der Waals surface area contributed by atoms with Gasteiger partial charge >= 0.3 is 0 Å². The van der Waals surface area contributed by atoms with Crippen molar-refractivity contribution in [3.8, 4) is 0 Å². The Bertz CT molecular complexity index is 888. The molecular weight excluding hydrogens is 361 g/mol. The average Bonchev–Trinajstić information content (AvgIpc) is 2.74. The van der Waals surface area contributed by atoms with E-state index in [-0.39, 0.29) is 29.7 Å². The van der Waals surface area contributed by atoms with Crippen LogP contribution in [0, 0.1) is 17.7 Å². The molecule has 1 heterocycles. The van der Waals surface area contributed by atoms with Gasteiger partial charge in [0.05, 0.1) is 7.05 Å². The summed E-state index contributed by atoms with van der Waals surface area (Å²) in [5, 5.41) is 12.2. The van der Waals surface area contributed by atoms with E-state index in [1.165, 1.54) is 28.2 Å². The topological polar surface area (TPSA) is 24.7 Å². The van der Waals surface area contributed by atoms with Gasteiger partial charge in [-0.15, -0.1) is 0 Å². The maximum Gasteiger partial charge on any atom is 0.123 e. The van der Waals surface area contributed by atoms with Crippen LogP contribution in [0.5, 0.6) is 0 Å². The molecule has 3 heteroatoms. The summed E-state index contributed by atoms with van der Waals surface area (Å²) in [4.78, 5) is 1.37. The minimum atomic E-state index is -1.08. The largest absolute Gasteiger partial charge is 0.384 e. The molecular formula is C26H29FNO+. The zero-order valence-corrected chi connectivity index (χ0v) is 17.2. The van der Waals surface area contributed by atoms with Gasteiger partial charge < -0.3 is 10.0 Å². The molecule has 2 N–H and O–H groups in total. The van der Waals surface area contributed by atoms with Crippen LogP contribution in [-0.2, 0) is 5.60 Å². The van der Waals surface area contributed by atoms with Crippen molar-refractivity contribution in [3.63, 3.8) is 0 Å². The molecule has 2 unspecified atom stereocenters. The molecule has 1 fully saturated rings. The number of hydrogen-bond acceptors (Lipinski definition) is 1. The Balaban J connectivity index is 1.89. The zero-order chi connectivity index (χ0) is 20.6. The highest BCUT2D eigenvalue weighted by Crippen LogP contribution is 2.49. The van der Waals surface area contributed by atoms with E-state index in [0.717, 1.165) is 5.56 Å². The zero-order valence-electron chi connectivity index (χ0n) is 17.2. The number of benzene rings is 3. The quantitative estimate of drug-likeness (QED) is 0.685. The van der Waals surface area contributed by atoms with Gasteiger partial charge in [0.1, 0.15) is 23.5 Å². The molecule has 4 rings (SSSR count). The molecule has 0 saturated carbocycles. The third-order valence-corrected chi connectivity index (χ3v) is 6.99. The molecule has 3 aromatic carbocycles. The van der Waals surface area contributed by atoms with Gasteiger partial charge in [-0.05, 0) is 17.7 Å². The van der Waals surface area contributed by atoms with Crippen molar-refractivity contribution in [1.82, 2.24) is 0 Å². The minimum absolute atomic E-state index is 0.0506. The van der Waals surface area contributed by atoms with Crippen LogP contribution in [-0.4, -0.2) is 12.2 Å². The summed E-state index contributed by atoms with van der Waals surface area (Å²) < 4.78 is 13.6. The van der Waals surface area contributed by atoms with Gasteiger partial charge in [-0.2, -0.15) is 0 Å². The van der Waals surface area contributed by atoms with Gasteiger partial charge in [0.25, 0.3) is 0 Å². The maximum atomic E-state index is 13.6. The number of aliphatic hydroxyl groups is 1. The lowest BCUT2D eigenvalue weighted by atomic mass is 9.62. The third kappa shape index (κ3) is 3.29. The van der Waals surface area contributed by atoms with Crippen molar-refractivity contribution >= 4 is 0 Å². The van der Waals surface area contributed by atoms with Gasteiger partial charge in [0.15, 0.2) is 0 Å². The van der Waals surface area contributed by atoms with Crippen LogP contribution in [0.15, 0.2) is 84.9 Å². The second kappa shape index (κ2) is 7.74. The molecule has 1 aliphatic rings. The third-order valence-electron chi connectivity index (χ3n) is 6.99. The lowest BCUT2D eigenvalue weighted by molar-refractivity contribution is -0.962. The van der Waals surface area contributed by atoms with Crippen LogP contribution in [0.2, 0.25) is 0 Å². The number of halogens is 1. The molecule has 2 nitrogen and oxygen atoms in total. The number of piperidine rings is 1. The van der Waals surface area contributed by atoms with Crippen LogP contribution < -0.4 is 4.90 Å². The van der Waals surface area contributed by atoms with Gasteiger partial charge in [-0.25, -0.2) is 4.39 Å². The van der Waals surface area contributed by atoms with E-state index in [1.54, 1.807) is 12.1 Å². The first-order valence-electron chi connectivity index (χ1n) is 10.4. The first-order chi connectivity index (χ1) is 13.9. The average molecular weight is 391 g/mol. The second-order valence-corrected chi connectivity index (χ2v) is 8.43. The van der Waals surface area contributed by atoms with Gasteiger partial charge in [0.2, 0.25) is 0 Å². The fourth-order valence-electron chi connectivity index (χ4n) is 5.57. The van der Waals surface area contributed by atoms with Crippen LogP contribution in [0.25, 0.3) is 0 Å². The standard InChI is InChI=1S/C26H28FNO/c1-18-24(20-10-6-4-7-11-20)28(3)25(21-12-8-5-9-13-21)19(2)26(18,29)22-14-16-23(27)17-15-22/h4-19,24-25,29H,1-3H3/p+1/t18-,19+,24-,25-,26?/m0/s1. The van der Waals surface area contributed by atoms with Crippen molar-refractivity contribution in [3.05, 3.63) is 107 Å². The Morgan fingerprint density at radius 1 is 0.724 bits per heavy atom. The smallest absolute Gasteiger partial charge is 0.123 e. The fourth-order valence-corrected chi connectivity index (χ4v) is 5.57. The Morgan fingerprint density at radius 2 is 1.14 bits per heavy atom. The van der Waals surface area contributed by atoms with E-state index >= 15 is 0 Å². The van der Waals surface area contributed by atoms with Crippen molar-refractivity contribution in [2.75, 3.05) is 7.05 Å². The molecule has 150 valence electrons. The van der Waals surface area contributed by atoms with E-state index in [1.807, 2.05) is 12.1 Å². The first kappa shape index (κ1) is 19.8. The SMILES string of the molecule is C[C@@H]1[C@@H](c2ccccc2)[NH+](C)[C@H](c2ccccc2)[C@H](C)C1(O)c1ccc(F)cc1. The summed E-state index contributed by atoms with van der Waals surface area (Å²) in [5.41, 5.74) is 2.14. The van der Waals surface area contributed by atoms with Gasteiger partial charge in [-0.1, -0.05) is 86.6 Å². The second-order valence-electron chi connectivity index (χ2n) is 8.43. The molecule has 1 saturated heterocycles. The van der Waals surface area contributed by atoms with E-state index in [0.29, 0.717) is 0 Å². The van der Waals surface area contributed by atoms with Crippen LogP contribution >= 0.6 is 0 Å². The van der Waals surface area contributed by atoms with E-state index in [2.05, 4.69) is 69.4 Å². The lowest BCUT2D eigenvalue weighted by Crippen LogP contribution is -3.13. The predicted octanol–water partition coefficient (Wildman–Crippen LogP) is 4.30. The summed E-state index contributed by atoms with van der Waals surface area (Å²) in [6.07, 6.45) is 0. The van der Waals surface area contributed by atoms with Crippen molar-refractivity contribution in [2.24, 2.45) is 11.8 Å². The Morgan fingerprint density at radius 3 is 1.55 bits per heavy atom.